The summed E-state index contributed by atoms with van der Waals surface area (Å²) in [6.45, 7) is 2.04. The summed E-state index contributed by atoms with van der Waals surface area (Å²) in [5.41, 5.74) is 1.85. The van der Waals surface area contributed by atoms with Crippen molar-refractivity contribution in [1.82, 2.24) is 0 Å². The van der Waals surface area contributed by atoms with Crippen molar-refractivity contribution in [1.29, 1.82) is 0 Å². The molecule has 0 atom stereocenters. The van der Waals surface area contributed by atoms with Gasteiger partial charge in [0.25, 0.3) is 0 Å². The topological polar surface area (TPSA) is 30.2 Å². The van der Waals surface area contributed by atoms with E-state index in [0.717, 1.165) is 4.90 Å². The Morgan fingerprint density at radius 3 is 2.94 bits per heavy atom. The third-order valence-corrected chi connectivity index (χ3v) is 3.20. The lowest BCUT2D eigenvalue weighted by atomic mass is 10.2. The molecule has 0 N–H and O–H groups in total. The number of carbonyl (C=O) groups excluding carboxylic acids is 1. The number of aryl methyl sites for hydroxylation is 1. The predicted molar refractivity (Wildman–Crippen MR) is 64.9 cm³/mol. The maximum Gasteiger partial charge on any atom is 0.176 e. The quantitative estimate of drug-likeness (QED) is 0.596. The number of rotatable bonds is 4. The van der Waals surface area contributed by atoms with Gasteiger partial charge in [-0.1, -0.05) is 17.7 Å². The molecule has 2 aromatic rings. The molecule has 3 heteroatoms. The molecule has 0 spiro atoms. The Hall–Kier alpha value is -1.48. The lowest BCUT2D eigenvalue weighted by molar-refractivity contribution is 0.102. The van der Waals surface area contributed by atoms with Crippen molar-refractivity contribution < 1.29 is 9.21 Å². The number of hydrogen-bond donors (Lipinski definition) is 0. The van der Waals surface area contributed by atoms with Crippen LogP contribution in [-0.2, 0) is 0 Å². The molecule has 1 aromatic carbocycles. The van der Waals surface area contributed by atoms with Gasteiger partial charge in [0.05, 0.1) is 17.6 Å². The largest absolute Gasteiger partial charge is 0.472 e. The molecule has 0 saturated heterocycles. The van der Waals surface area contributed by atoms with Crippen LogP contribution >= 0.6 is 11.8 Å². The standard InChI is InChI=1S/C13H12O2S/c1-10-3-2-4-12(7-10)16-9-13(14)11-5-6-15-8-11/h2-8H,9H2,1H3. The molecule has 1 aromatic heterocycles. The number of hydrogen-bond acceptors (Lipinski definition) is 3. The van der Waals surface area contributed by atoms with Crippen LogP contribution in [0, 0.1) is 6.92 Å². The Morgan fingerprint density at radius 1 is 1.38 bits per heavy atom. The average Bonchev–Trinajstić information content (AvgIpc) is 2.79. The number of ketones is 1. The molecule has 0 bridgehead atoms. The van der Waals surface area contributed by atoms with Gasteiger partial charge in [-0.15, -0.1) is 11.8 Å². The third-order valence-electron chi connectivity index (χ3n) is 2.20. The number of benzene rings is 1. The molecule has 0 saturated carbocycles. The summed E-state index contributed by atoms with van der Waals surface area (Å²) in [6, 6.07) is 9.83. The van der Waals surface area contributed by atoms with E-state index in [1.54, 1.807) is 17.8 Å². The maximum atomic E-state index is 11.7. The van der Waals surface area contributed by atoms with Gasteiger partial charge in [0.2, 0.25) is 0 Å². The molecule has 0 aliphatic carbocycles. The van der Waals surface area contributed by atoms with Crippen LogP contribution in [0.5, 0.6) is 0 Å². The molecule has 2 nitrogen and oxygen atoms in total. The van der Waals surface area contributed by atoms with Crippen molar-refractivity contribution in [3.05, 3.63) is 54.0 Å². The molecule has 0 amide bonds. The molecular weight excluding hydrogens is 220 g/mol. The molecule has 82 valence electrons. The van der Waals surface area contributed by atoms with E-state index in [2.05, 4.69) is 6.07 Å². The van der Waals surface area contributed by atoms with Gasteiger partial charge in [0.15, 0.2) is 5.78 Å². The Balaban J connectivity index is 1.95. The van der Waals surface area contributed by atoms with Gasteiger partial charge in [-0.25, -0.2) is 0 Å². The van der Waals surface area contributed by atoms with Crippen molar-refractivity contribution in [2.24, 2.45) is 0 Å². The Kier molecular flexibility index (Phi) is 3.47. The lowest BCUT2D eigenvalue weighted by Gasteiger charge is -2.00. The fourth-order valence-electron chi connectivity index (χ4n) is 1.36. The summed E-state index contributed by atoms with van der Waals surface area (Å²) in [5, 5.41) is 0. The van der Waals surface area contributed by atoms with Crippen LogP contribution in [0.15, 0.2) is 52.2 Å². The molecule has 0 unspecified atom stereocenters. The van der Waals surface area contributed by atoms with Crippen LogP contribution in [0.1, 0.15) is 15.9 Å². The Bertz CT molecular complexity index is 474. The molecule has 1 heterocycles. The fourth-order valence-corrected chi connectivity index (χ4v) is 2.27. The second-order valence-electron chi connectivity index (χ2n) is 3.54. The second-order valence-corrected chi connectivity index (χ2v) is 4.59. The van der Waals surface area contributed by atoms with Crippen molar-refractivity contribution in [3.63, 3.8) is 0 Å². The van der Waals surface area contributed by atoms with E-state index in [9.17, 15) is 4.79 Å². The van der Waals surface area contributed by atoms with Gasteiger partial charge in [-0.3, -0.25) is 4.79 Å². The van der Waals surface area contributed by atoms with E-state index in [4.69, 9.17) is 4.42 Å². The first-order valence-corrected chi connectivity index (χ1v) is 5.99. The van der Waals surface area contributed by atoms with Crippen LogP contribution in [-0.4, -0.2) is 11.5 Å². The molecular formula is C13H12O2S. The van der Waals surface area contributed by atoms with Gasteiger partial charge in [-0.2, -0.15) is 0 Å². The van der Waals surface area contributed by atoms with E-state index >= 15 is 0 Å². The summed E-state index contributed by atoms with van der Waals surface area (Å²) >= 11 is 1.55. The smallest absolute Gasteiger partial charge is 0.176 e. The first-order chi connectivity index (χ1) is 7.75. The van der Waals surface area contributed by atoms with Crippen LogP contribution in [0.2, 0.25) is 0 Å². The van der Waals surface area contributed by atoms with Gasteiger partial charge < -0.3 is 4.42 Å². The predicted octanol–water partition coefficient (Wildman–Crippen LogP) is 3.56. The molecule has 0 fully saturated rings. The number of carbonyl (C=O) groups is 1. The fraction of sp³-hybridized carbons (Fsp3) is 0.154. The van der Waals surface area contributed by atoms with Crippen LogP contribution in [0.3, 0.4) is 0 Å². The minimum atomic E-state index is 0.0975. The Labute approximate surface area is 98.7 Å². The minimum absolute atomic E-state index is 0.0975. The van der Waals surface area contributed by atoms with Crippen molar-refractivity contribution in [3.8, 4) is 0 Å². The highest BCUT2D eigenvalue weighted by Gasteiger charge is 2.07. The first kappa shape index (κ1) is 11.0. The van der Waals surface area contributed by atoms with E-state index < -0.39 is 0 Å². The second kappa shape index (κ2) is 5.03. The first-order valence-electron chi connectivity index (χ1n) is 5.00. The average molecular weight is 232 g/mol. The van der Waals surface area contributed by atoms with Gasteiger partial charge in [-0.05, 0) is 25.1 Å². The highest BCUT2D eigenvalue weighted by atomic mass is 32.2. The van der Waals surface area contributed by atoms with E-state index in [0.29, 0.717) is 11.3 Å². The molecule has 0 aliphatic rings. The number of Topliss-reactive ketones (excluding diaryl/α,β-unsaturated/α-hetero) is 1. The van der Waals surface area contributed by atoms with E-state index in [1.807, 2.05) is 25.1 Å². The van der Waals surface area contributed by atoms with E-state index in [1.165, 1.54) is 18.1 Å². The van der Waals surface area contributed by atoms with Crippen LogP contribution < -0.4 is 0 Å². The molecule has 16 heavy (non-hydrogen) atoms. The van der Waals surface area contributed by atoms with E-state index in [-0.39, 0.29) is 5.78 Å². The number of thioether (sulfide) groups is 1. The monoisotopic (exact) mass is 232 g/mol. The summed E-state index contributed by atoms with van der Waals surface area (Å²) in [7, 11) is 0. The van der Waals surface area contributed by atoms with Crippen molar-refractivity contribution >= 4 is 17.5 Å². The van der Waals surface area contributed by atoms with Crippen LogP contribution in [0.4, 0.5) is 0 Å². The highest BCUT2D eigenvalue weighted by molar-refractivity contribution is 8.00. The summed E-state index contributed by atoms with van der Waals surface area (Å²) < 4.78 is 4.88. The SMILES string of the molecule is Cc1cccc(SCC(=O)c2ccoc2)c1. The zero-order valence-electron chi connectivity index (χ0n) is 8.97. The third kappa shape index (κ3) is 2.76. The zero-order valence-corrected chi connectivity index (χ0v) is 9.79. The van der Waals surface area contributed by atoms with Crippen molar-refractivity contribution in [2.75, 3.05) is 5.75 Å². The van der Waals surface area contributed by atoms with Gasteiger partial charge >= 0.3 is 0 Å². The lowest BCUT2D eigenvalue weighted by Crippen LogP contribution is -2.00. The van der Waals surface area contributed by atoms with Crippen LogP contribution in [0.25, 0.3) is 0 Å². The Morgan fingerprint density at radius 2 is 2.25 bits per heavy atom. The summed E-state index contributed by atoms with van der Waals surface area (Å²) in [5.74, 6) is 0.545. The van der Waals surface area contributed by atoms with Gasteiger partial charge in [0, 0.05) is 4.90 Å². The molecule has 0 radical (unpaired) electrons. The highest BCUT2D eigenvalue weighted by Crippen LogP contribution is 2.20. The maximum absolute atomic E-state index is 11.7. The summed E-state index contributed by atoms with van der Waals surface area (Å²) in [6.07, 6.45) is 3.00. The normalized spacial score (nSPS) is 10.3. The van der Waals surface area contributed by atoms with Crippen molar-refractivity contribution in [2.45, 2.75) is 11.8 Å². The molecule has 0 aliphatic heterocycles. The minimum Gasteiger partial charge on any atom is -0.472 e. The zero-order chi connectivity index (χ0) is 11.4. The van der Waals surface area contributed by atoms with Gasteiger partial charge in [0.1, 0.15) is 6.26 Å². The molecule has 2 rings (SSSR count). The number of furan rings is 1. The summed E-state index contributed by atoms with van der Waals surface area (Å²) in [4.78, 5) is 12.8.